The Morgan fingerprint density at radius 2 is 1.71 bits per heavy atom. The second-order valence-electron chi connectivity index (χ2n) is 8.87. The third kappa shape index (κ3) is 3.78. The first kappa shape index (κ1) is 19.7. The van der Waals surface area contributed by atoms with Crippen molar-refractivity contribution in [2.45, 2.75) is 47.0 Å². The van der Waals surface area contributed by atoms with Crippen molar-refractivity contribution < 1.29 is 4.79 Å². The van der Waals surface area contributed by atoms with Gasteiger partial charge in [0.15, 0.2) is 0 Å². The summed E-state index contributed by atoms with van der Waals surface area (Å²) < 4.78 is 0. The summed E-state index contributed by atoms with van der Waals surface area (Å²) in [5.41, 5.74) is 1.19. The first-order valence-corrected chi connectivity index (χ1v) is 9.13. The molecule has 0 aliphatic carbocycles. The van der Waals surface area contributed by atoms with Gasteiger partial charge in [0.2, 0.25) is 5.91 Å². The lowest BCUT2D eigenvalue weighted by molar-refractivity contribution is -0.123. The Morgan fingerprint density at radius 1 is 1.00 bits per heavy atom. The van der Waals surface area contributed by atoms with Gasteiger partial charge in [0, 0.05) is 34.4 Å². The minimum absolute atomic E-state index is 0.142. The number of nitrogens with zero attached hydrogens (tertiary/aromatic N) is 3. The van der Waals surface area contributed by atoms with E-state index in [1.54, 1.807) is 30.9 Å². The zero-order valence-electron chi connectivity index (χ0n) is 17.0. The number of rotatable bonds is 2. The maximum absolute atomic E-state index is 12.9. The maximum Gasteiger partial charge on any atom is 0.259 e. The Morgan fingerprint density at radius 3 is 2.36 bits per heavy atom. The summed E-state index contributed by atoms with van der Waals surface area (Å²) in [6.45, 7) is 11.5. The molecule has 0 atom stereocenters. The van der Waals surface area contributed by atoms with Gasteiger partial charge in [-0.2, -0.15) is 0 Å². The average molecular weight is 379 g/mol. The molecule has 3 heterocycles. The van der Waals surface area contributed by atoms with E-state index in [2.05, 4.69) is 25.3 Å². The maximum atomic E-state index is 12.9. The summed E-state index contributed by atoms with van der Waals surface area (Å²) in [7, 11) is 0. The number of aromatic nitrogens is 4. The summed E-state index contributed by atoms with van der Waals surface area (Å²) in [5, 5.41) is 3.34. The standard InChI is InChI=1S/C21H25N5O2/c1-20(2,3)18-24-15-11-23-9-13(16(15)17(27)26-18)12-7-8-22-10-14(12)25-19(28)21(4,5)6/h7-11H,1-6H3,(H,25,28)(H,24,26,27). The minimum atomic E-state index is -0.565. The van der Waals surface area contributed by atoms with Crippen molar-refractivity contribution in [3.8, 4) is 11.1 Å². The van der Waals surface area contributed by atoms with Gasteiger partial charge in [0.05, 0.1) is 29.0 Å². The zero-order chi connectivity index (χ0) is 20.7. The van der Waals surface area contributed by atoms with Crippen LogP contribution in [0.5, 0.6) is 0 Å². The molecule has 0 bridgehead atoms. The molecule has 1 amide bonds. The third-order valence-electron chi connectivity index (χ3n) is 4.37. The van der Waals surface area contributed by atoms with Gasteiger partial charge in [-0.1, -0.05) is 41.5 Å². The van der Waals surface area contributed by atoms with Crippen LogP contribution >= 0.6 is 0 Å². The van der Waals surface area contributed by atoms with E-state index in [9.17, 15) is 9.59 Å². The number of hydrogen-bond donors (Lipinski definition) is 2. The van der Waals surface area contributed by atoms with Gasteiger partial charge in [-0.05, 0) is 6.07 Å². The molecule has 3 aromatic rings. The van der Waals surface area contributed by atoms with E-state index < -0.39 is 5.41 Å². The molecular weight excluding hydrogens is 354 g/mol. The molecule has 0 aliphatic rings. The van der Waals surface area contributed by atoms with E-state index in [1.165, 1.54) is 0 Å². The smallest absolute Gasteiger partial charge is 0.259 e. The van der Waals surface area contributed by atoms with E-state index in [4.69, 9.17) is 0 Å². The van der Waals surface area contributed by atoms with E-state index in [1.807, 2.05) is 41.5 Å². The molecule has 0 aliphatic heterocycles. The lowest BCUT2D eigenvalue weighted by Gasteiger charge is -2.20. The van der Waals surface area contributed by atoms with Crippen LogP contribution in [0.25, 0.3) is 22.0 Å². The van der Waals surface area contributed by atoms with Gasteiger partial charge >= 0.3 is 0 Å². The fourth-order valence-corrected chi connectivity index (χ4v) is 2.69. The lowest BCUT2D eigenvalue weighted by Crippen LogP contribution is -2.28. The Labute approximate surface area is 163 Å². The zero-order valence-corrected chi connectivity index (χ0v) is 17.0. The van der Waals surface area contributed by atoms with E-state index in [0.29, 0.717) is 33.5 Å². The molecule has 0 saturated heterocycles. The number of aromatic amines is 1. The van der Waals surface area contributed by atoms with Crippen molar-refractivity contribution in [3.63, 3.8) is 0 Å². The van der Waals surface area contributed by atoms with Crippen molar-refractivity contribution >= 4 is 22.5 Å². The molecule has 0 aromatic carbocycles. The Bertz CT molecular complexity index is 1100. The molecule has 7 nitrogen and oxygen atoms in total. The summed E-state index contributed by atoms with van der Waals surface area (Å²) in [6.07, 6.45) is 6.38. The number of fused-ring (bicyclic) bond motifs is 1. The number of carbonyl (C=O) groups excluding carboxylic acids is 1. The van der Waals surface area contributed by atoms with E-state index >= 15 is 0 Å². The number of amides is 1. The highest BCUT2D eigenvalue weighted by molar-refractivity contribution is 6.02. The van der Waals surface area contributed by atoms with Crippen LogP contribution in [0.3, 0.4) is 0 Å². The molecule has 2 N–H and O–H groups in total. The fraction of sp³-hybridized carbons (Fsp3) is 0.381. The SMILES string of the molecule is CC(C)(C)C(=O)Nc1cnccc1-c1cncc2nc(C(C)(C)C)[nH]c(=O)c12. The summed E-state index contributed by atoms with van der Waals surface area (Å²) >= 11 is 0. The topological polar surface area (TPSA) is 101 Å². The predicted molar refractivity (Wildman–Crippen MR) is 110 cm³/mol. The van der Waals surface area contributed by atoms with Crippen LogP contribution in [-0.2, 0) is 10.2 Å². The van der Waals surface area contributed by atoms with Crippen LogP contribution < -0.4 is 10.9 Å². The minimum Gasteiger partial charge on any atom is -0.324 e. The first-order valence-electron chi connectivity index (χ1n) is 9.13. The third-order valence-corrected chi connectivity index (χ3v) is 4.37. The summed E-state index contributed by atoms with van der Waals surface area (Å²) in [5.74, 6) is 0.455. The summed E-state index contributed by atoms with van der Waals surface area (Å²) in [6, 6.07) is 1.76. The van der Waals surface area contributed by atoms with Gasteiger partial charge in [-0.3, -0.25) is 19.6 Å². The first-order chi connectivity index (χ1) is 13.0. The van der Waals surface area contributed by atoms with Crippen LogP contribution in [0.15, 0.2) is 35.6 Å². The van der Waals surface area contributed by atoms with Crippen molar-refractivity contribution in [2.75, 3.05) is 5.32 Å². The molecular formula is C21H25N5O2. The number of hydrogen-bond acceptors (Lipinski definition) is 5. The monoisotopic (exact) mass is 379 g/mol. The Kier molecular flexibility index (Phi) is 4.79. The largest absolute Gasteiger partial charge is 0.324 e. The van der Waals surface area contributed by atoms with Gasteiger partial charge in [0.25, 0.3) is 5.56 Å². The van der Waals surface area contributed by atoms with Crippen LogP contribution in [0.4, 0.5) is 5.69 Å². The van der Waals surface area contributed by atoms with Crippen LogP contribution in [-0.4, -0.2) is 25.8 Å². The summed E-state index contributed by atoms with van der Waals surface area (Å²) in [4.78, 5) is 41.3. The second kappa shape index (κ2) is 6.82. The molecule has 28 heavy (non-hydrogen) atoms. The number of carbonyl (C=O) groups is 1. The number of pyridine rings is 2. The van der Waals surface area contributed by atoms with Crippen molar-refractivity contribution in [3.05, 3.63) is 47.0 Å². The highest BCUT2D eigenvalue weighted by Crippen LogP contribution is 2.32. The van der Waals surface area contributed by atoms with Crippen molar-refractivity contribution in [1.82, 2.24) is 19.9 Å². The van der Waals surface area contributed by atoms with E-state index in [0.717, 1.165) is 0 Å². The van der Waals surface area contributed by atoms with Crippen molar-refractivity contribution in [2.24, 2.45) is 5.41 Å². The van der Waals surface area contributed by atoms with Crippen LogP contribution in [0.2, 0.25) is 0 Å². The van der Waals surface area contributed by atoms with Gasteiger partial charge in [-0.25, -0.2) is 4.98 Å². The highest BCUT2D eigenvalue weighted by atomic mass is 16.2. The lowest BCUT2D eigenvalue weighted by atomic mass is 9.94. The number of H-pyrrole nitrogens is 1. The second-order valence-corrected chi connectivity index (χ2v) is 8.87. The van der Waals surface area contributed by atoms with E-state index in [-0.39, 0.29) is 16.9 Å². The van der Waals surface area contributed by atoms with Gasteiger partial charge in [0.1, 0.15) is 5.82 Å². The quantitative estimate of drug-likeness (QED) is 0.708. The molecule has 3 rings (SSSR count). The molecule has 146 valence electrons. The van der Waals surface area contributed by atoms with Crippen molar-refractivity contribution in [1.29, 1.82) is 0 Å². The molecule has 0 fully saturated rings. The van der Waals surface area contributed by atoms with Crippen LogP contribution in [0, 0.1) is 5.41 Å². The Hall–Kier alpha value is -3.09. The average Bonchev–Trinajstić information content (AvgIpc) is 2.60. The molecule has 0 spiro atoms. The normalized spacial score (nSPS) is 12.2. The molecule has 3 aromatic heterocycles. The predicted octanol–water partition coefficient (Wildman–Crippen LogP) is 3.66. The van der Waals surface area contributed by atoms with Gasteiger partial charge in [-0.15, -0.1) is 0 Å². The number of anilines is 1. The number of nitrogens with one attached hydrogen (secondary N) is 2. The fourth-order valence-electron chi connectivity index (χ4n) is 2.69. The van der Waals surface area contributed by atoms with Crippen LogP contribution in [0.1, 0.15) is 47.4 Å². The Balaban J connectivity index is 2.21. The molecule has 7 heteroatoms. The molecule has 0 saturated carbocycles. The van der Waals surface area contributed by atoms with Gasteiger partial charge < -0.3 is 10.3 Å². The highest BCUT2D eigenvalue weighted by Gasteiger charge is 2.24. The molecule has 0 radical (unpaired) electrons. The molecule has 0 unspecified atom stereocenters.